The van der Waals surface area contributed by atoms with Gasteiger partial charge in [-0.05, 0) is 57.8 Å². The number of allylic oxidation sites excluding steroid dienone is 3. The zero-order chi connectivity index (χ0) is 45.8. The summed E-state index contributed by atoms with van der Waals surface area (Å²) in [6.07, 6.45) is 63.3. The Kier molecular flexibility index (Phi) is 51.6. The lowest BCUT2D eigenvalue weighted by Crippen LogP contribution is -2.45. The van der Waals surface area contributed by atoms with Crippen LogP contribution in [0.2, 0.25) is 0 Å². The van der Waals surface area contributed by atoms with Gasteiger partial charge in [-0.25, -0.2) is 0 Å². The quantitative estimate of drug-likeness (QED) is 0.0321. The average Bonchev–Trinajstić information content (AvgIpc) is 3.28. The Hall–Kier alpha value is -1.66. The normalized spacial score (nSPS) is 12.8. The van der Waals surface area contributed by atoms with E-state index in [2.05, 4.69) is 31.3 Å². The Morgan fingerprint density at radius 2 is 0.746 bits per heavy atom. The number of carbonyl (C=O) groups excluding carboxylic acids is 2. The van der Waals surface area contributed by atoms with Crippen molar-refractivity contribution in [3.8, 4) is 0 Å². The second-order valence-corrected chi connectivity index (χ2v) is 19.3. The Labute approximate surface area is 392 Å². The standard InChI is InChI=1S/C57H109NO5/c1-3-5-7-9-11-13-15-17-19-20-21-22-23-24-25-29-33-37-41-45-49-55(60)54(53-59)58-56(61)50-46-42-38-34-30-27-28-32-36-40-44-48-52-63-57(62)51-47-43-39-35-31-26-18-16-14-12-10-8-6-4-2/h16,18,45,49,54-55,59-60H,3-15,17,19-44,46-48,50-53H2,1-2H3,(H,58,61)/b18-16-,49-45+. The summed E-state index contributed by atoms with van der Waals surface area (Å²) < 4.78 is 5.46. The maximum atomic E-state index is 12.5. The van der Waals surface area contributed by atoms with Crippen LogP contribution in [-0.2, 0) is 14.3 Å². The van der Waals surface area contributed by atoms with Gasteiger partial charge in [0.15, 0.2) is 0 Å². The molecule has 0 heterocycles. The highest BCUT2D eigenvalue weighted by atomic mass is 16.5. The van der Waals surface area contributed by atoms with Crippen molar-refractivity contribution >= 4 is 11.9 Å². The first-order valence-electron chi connectivity index (χ1n) is 28.1. The zero-order valence-corrected chi connectivity index (χ0v) is 42.3. The highest BCUT2D eigenvalue weighted by Gasteiger charge is 2.18. The van der Waals surface area contributed by atoms with Crippen LogP contribution in [0.5, 0.6) is 0 Å². The van der Waals surface area contributed by atoms with Crippen molar-refractivity contribution < 1.29 is 24.5 Å². The topological polar surface area (TPSA) is 95.9 Å². The summed E-state index contributed by atoms with van der Waals surface area (Å²) in [5.74, 6) is -0.101. The fraction of sp³-hybridized carbons (Fsp3) is 0.895. The maximum Gasteiger partial charge on any atom is 0.305 e. The van der Waals surface area contributed by atoms with E-state index in [9.17, 15) is 19.8 Å². The van der Waals surface area contributed by atoms with Crippen molar-refractivity contribution in [2.45, 2.75) is 315 Å². The number of amides is 1. The highest BCUT2D eigenvalue weighted by molar-refractivity contribution is 5.76. The number of esters is 1. The smallest absolute Gasteiger partial charge is 0.305 e. The average molecular weight is 889 g/mol. The number of aliphatic hydroxyl groups excluding tert-OH is 2. The lowest BCUT2D eigenvalue weighted by atomic mass is 10.0. The first kappa shape index (κ1) is 61.3. The third kappa shape index (κ3) is 49.6. The van der Waals surface area contributed by atoms with Gasteiger partial charge >= 0.3 is 5.97 Å². The van der Waals surface area contributed by atoms with Crippen molar-refractivity contribution in [3.63, 3.8) is 0 Å². The molecule has 0 radical (unpaired) electrons. The third-order valence-electron chi connectivity index (χ3n) is 13.0. The number of ether oxygens (including phenoxy) is 1. The van der Waals surface area contributed by atoms with Crippen LogP contribution in [0.15, 0.2) is 24.3 Å². The van der Waals surface area contributed by atoms with E-state index in [1.807, 2.05) is 6.08 Å². The van der Waals surface area contributed by atoms with Gasteiger partial charge in [0.25, 0.3) is 0 Å². The van der Waals surface area contributed by atoms with Crippen molar-refractivity contribution in [2.75, 3.05) is 13.2 Å². The van der Waals surface area contributed by atoms with Crippen LogP contribution in [0, 0.1) is 0 Å². The first-order valence-corrected chi connectivity index (χ1v) is 28.1. The highest BCUT2D eigenvalue weighted by Crippen LogP contribution is 2.17. The molecule has 63 heavy (non-hydrogen) atoms. The molecule has 0 rings (SSSR count). The van der Waals surface area contributed by atoms with Crippen molar-refractivity contribution in [2.24, 2.45) is 0 Å². The van der Waals surface area contributed by atoms with Crippen LogP contribution in [-0.4, -0.2) is 47.4 Å². The fourth-order valence-corrected chi connectivity index (χ4v) is 8.63. The molecule has 0 aliphatic heterocycles. The lowest BCUT2D eigenvalue weighted by Gasteiger charge is -2.20. The summed E-state index contributed by atoms with van der Waals surface area (Å²) in [6, 6.07) is -0.640. The Morgan fingerprint density at radius 1 is 0.429 bits per heavy atom. The van der Waals surface area contributed by atoms with E-state index in [-0.39, 0.29) is 18.5 Å². The molecule has 0 bridgehead atoms. The second kappa shape index (κ2) is 53.0. The first-order chi connectivity index (χ1) is 31.0. The molecule has 3 N–H and O–H groups in total. The molecule has 372 valence electrons. The van der Waals surface area contributed by atoms with E-state index in [0.29, 0.717) is 19.4 Å². The van der Waals surface area contributed by atoms with Gasteiger partial charge in [-0.1, -0.05) is 256 Å². The number of carbonyl (C=O) groups is 2. The summed E-state index contributed by atoms with van der Waals surface area (Å²) in [5, 5.41) is 23.1. The van der Waals surface area contributed by atoms with E-state index in [1.54, 1.807) is 6.08 Å². The molecule has 0 aromatic carbocycles. The number of hydrogen-bond acceptors (Lipinski definition) is 5. The van der Waals surface area contributed by atoms with Gasteiger partial charge in [0.05, 0.1) is 25.4 Å². The fourth-order valence-electron chi connectivity index (χ4n) is 8.63. The molecular weight excluding hydrogens is 779 g/mol. The van der Waals surface area contributed by atoms with E-state index < -0.39 is 12.1 Å². The van der Waals surface area contributed by atoms with Gasteiger partial charge < -0.3 is 20.3 Å². The van der Waals surface area contributed by atoms with Crippen molar-refractivity contribution in [1.29, 1.82) is 0 Å². The predicted octanol–water partition coefficient (Wildman–Crippen LogP) is 17.1. The molecule has 0 aliphatic rings. The molecule has 0 saturated carbocycles. The maximum absolute atomic E-state index is 12.5. The monoisotopic (exact) mass is 888 g/mol. The number of rotatable bonds is 52. The number of unbranched alkanes of at least 4 members (excludes halogenated alkanes) is 39. The summed E-state index contributed by atoms with van der Waals surface area (Å²) >= 11 is 0. The molecule has 6 heteroatoms. The van der Waals surface area contributed by atoms with Crippen LogP contribution in [0.25, 0.3) is 0 Å². The minimum Gasteiger partial charge on any atom is -0.466 e. The van der Waals surface area contributed by atoms with Crippen LogP contribution in [0.3, 0.4) is 0 Å². The van der Waals surface area contributed by atoms with Crippen LogP contribution < -0.4 is 5.32 Å². The van der Waals surface area contributed by atoms with Crippen molar-refractivity contribution in [3.05, 3.63) is 24.3 Å². The van der Waals surface area contributed by atoms with Gasteiger partial charge in [-0.2, -0.15) is 0 Å². The number of aliphatic hydroxyl groups is 2. The molecule has 1 amide bonds. The van der Waals surface area contributed by atoms with Gasteiger partial charge in [0.2, 0.25) is 5.91 Å². The van der Waals surface area contributed by atoms with Gasteiger partial charge in [0.1, 0.15) is 0 Å². The molecule has 0 saturated heterocycles. The molecule has 0 aromatic rings. The second-order valence-electron chi connectivity index (χ2n) is 19.3. The molecule has 0 fully saturated rings. The lowest BCUT2D eigenvalue weighted by molar-refractivity contribution is -0.143. The van der Waals surface area contributed by atoms with Crippen LogP contribution >= 0.6 is 0 Å². The predicted molar refractivity (Wildman–Crippen MR) is 273 cm³/mol. The number of hydrogen-bond donors (Lipinski definition) is 3. The van der Waals surface area contributed by atoms with Gasteiger partial charge in [0, 0.05) is 12.8 Å². The van der Waals surface area contributed by atoms with Gasteiger partial charge in [-0.3, -0.25) is 9.59 Å². The van der Waals surface area contributed by atoms with Crippen LogP contribution in [0.1, 0.15) is 303 Å². The summed E-state index contributed by atoms with van der Waals surface area (Å²) in [5.41, 5.74) is 0. The van der Waals surface area contributed by atoms with E-state index in [1.165, 1.54) is 218 Å². The summed E-state index contributed by atoms with van der Waals surface area (Å²) in [7, 11) is 0. The zero-order valence-electron chi connectivity index (χ0n) is 42.3. The molecule has 0 spiro atoms. The largest absolute Gasteiger partial charge is 0.466 e. The van der Waals surface area contributed by atoms with Crippen molar-refractivity contribution in [1.82, 2.24) is 5.32 Å². The number of nitrogens with one attached hydrogen (secondary N) is 1. The van der Waals surface area contributed by atoms with Crippen LogP contribution in [0.4, 0.5) is 0 Å². The SMILES string of the molecule is CCCCCCC/C=C\CCCCCCCC(=O)OCCCCCCCCCCCCCCC(=O)NC(CO)C(O)/C=C/CCCCCCCCCCCCCCCCCCCC. The molecule has 2 unspecified atom stereocenters. The minimum atomic E-state index is -0.855. The summed E-state index contributed by atoms with van der Waals surface area (Å²) in [6.45, 7) is 4.87. The Morgan fingerprint density at radius 3 is 1.13 bits per heavy atom. The van der Waals surface area contributed by atoms with E-state index in [4.69, 9.17) is 4.74 Å². The molecule has 6 nitrogen and oxygen atoms in total. The van der Waals surface area contributed by atoms with E-state index >= 15 is 0 Å². The minimum absolute atomic E-state index is 0.0190. The molecular formula is C57H109NO5. The van der Waals surface area contributed by atoms with Gasteiger partial charge in [-0.15, -0.1) is 0 Å². The molecule has 2 atom stereocenters. The Bertz CT molecular complexity index is 982. The Balaban J connectivity index is 3.50. The molecule has 0 aromatic heterocycles. The third-order valence-corrected chi connectivity index (χ3v) is 13.0. The summed E-state index contributed by atoms with van der Waals surface area (Å²) in [4.78, 5) is 24.5. The van der Waals surface area contributed by atoms with E-state index in [0.717, 1.165) is 57.8 Å². The molecule has 0 aliphatic carbocycles.